The zero-order chi connectivity index (χ0) is 13.7. The molecule has 0 fully saturated rings. The highest BCUT2D eigenvalue weighted by Gasteiger charge is 2.15. The molecule has 2 aromatic rings. The van der Waals surface area contributed by atoms with Crippen LogP contribution in [0.2, 0.25) is 0 Å². The number of carbonyl (C=O) groups excluding carboxylic acids is 1. The molecule has 1 heterocycles. The molecule has 2 rings (SSSR count). The number of nitrogens with zero attached hydrogens (tertiary/aromatic N) is 1. The van der Waals surface area contributed by atoms with Gasteiger partial charge in [-0.05, 0) is 43.2 Å². The third kappa shape index (κ3) is 3.45. The summed E-state index contributed by atoms with van der Waals surface area (Å²) in [5.74, 6) is -0.353. The zero-order valence-electron chi connectivity index (χ0n) is 11.0. The van der Waals surface area contributed by atoms with E-state index < -0.39 is 6.04 Å². The van der Waals surface area contributed by atoms with E-state index in [2.05, 4.69) is 0 Å². The van der Waals surface area contributed by atoms with Crippen LogP contribution in [0.4, 0.5) is 0 Å². The van der Waals surface area contributed by atoms with E-state index in [-0.39, 0.29) is 5.97 Å². The molecule has 19 heavy (non-hydrogen) atoms. The molecule has 100 valence electrons. The molecule has 4 heteroatoms. The van der Waals surface area contributed by atoms with E-state index in [9.17, 15) is 4.79 Å². The summed E-state index contributed by atoms with van der Waals surface area (Å²) >= 11 is 0. The standard InChI is InChI=1S/C15H18N2O2/c1-2-19-15(18)14(16)11-12-6-5-7-13(10-12)17-8-3-4-9-17/h3-10,14H,2,11,16H2,1H3. The topological polar surface area (TPSA) is 57.2 Å². The van der Waals surface area contributed by atoms with Crippen LogP contribution in [-0.4, -0.2) is 23.2 Å². The second-order valence-electron chi connectivity index (χ2n) is 4.32. The van der Waals surface area contributed by atoms with Gasteiger partial charge in [-0.2, -0.15) is 0 Å². The molecule has 0 aliphatic carbocycles. The average molecular weight is 258 g/mol. The van der Waals surface area contributed by atoms with Gasteiger partial charge in [0, 0.05) is 18.1 Å². The van der Waals surface area contributed by atoms with Gasteiger partial charge in [-0.25, -0.2) is 0 Å². The maximum Gasteiger partial charge on any atom is 0.323 e. The molecule has 0 aliphatic rings. The number of esters is 1. The van der Waals surface area contributed by atoms with Crippen molar-refractivity contribution in [2.45, 2.75) is 19.4 Å². The quantitative estimate of drug-likeness (QED) is 0.833. The van der Waals surface area contributed by atoms with Crippen molar-refractivity contribution in [2.24, 2.45) is 5.73 Å². The SMILES string of the molecule is CCOC(=O)C(N)Cc1cccc(-n2cccc2)c1. The number of hydrogen-bond donors (Lipinski definition) is 1. The van der Waals surface area contributed by atoms with Gasteiger partial charge in [0.25, 0.3) is 0 Å². The van der Waals surface area contributed by atoms with Gasteiger partial charge < -0.3 is 15.0 Å². The first-order valence-electron chi connectivity index (χ1n) is 6.35. The monoisotopic (exact) mass is 258 g/mol. The summed E-state index contributed by atoms with van der Waals surface area (Å²) in [6, 6.07) is 11.3. The van der Waals surface area contributed by atoms with Crippen LogP contribution in [0.25, 0.3) is 5.69 Å². The van der Waals surface area contributed by atoms with Crippen LogP contribution in [-0.2, 0) is 16.0 Å². The molecular weight excluding hydrogens is 240 g/mol. The number of carbonyl (C=O) groups is 1. The fourth-order valence-electron chi connectivity index (χ4n) is 1.94. The summed E-state index contributed by atoms with van der Waals surface area (Å²) in [6.45, 7) is 2.13. The second-order valence-corrected chi connectivity index (χ2v) is 4.32. The van der Waals surface area contributed by atoms with Gasteiger partial charge in [0.2, 0.25) is 0 Å². The van der Waals surface area contributed by atoms with Crippen LogP contribution in [0.5, 0.6) is 0 Å². The fraction of sp³-hybridized carbons (Fsp3) is 0.267. The summed E-state index contributed by atoms with van der Waals surface area (Å²) in [4.78, 5) is 11.5. The molecule has 0 saturated heterocycles. The first-order valence-corrected chi connectivity index (χ1v) is 6.35. The largest absolute Gasteiger partial charge is 0.465 e. The smallest absolute Gasteiger partial charge is 0.323 e. The first-order chi connectivity index (χ1) is 9.20. The number of rotatable bonds is 5. The van der Waals surface area contributed by atoms with E-state index in [0.29, 0.717) is 13.0 Å². The third-order valence-corrected chi connectivity index (χ3v) is 2.86. The average Bonchev–Trinajstić information content (AvgIpc) is 2.93. The van der Waals surface area contributed by atoms with E-state index in [4.69, 9.17) is 10.5 Å². The molecule has 4 nitrogen and oxygen atoms in total. The summed E-state index contributed by atoms with van der Waals surface area (Å²) in [5, 5.41) is 0. The number of hydrogen-bond acceptors (Lipinski definition) is 3. The van der Waals surface area contributed by atoms with E-state index in [1.54, 1.807) is 6.92 Å². The minimum atomic E-state index is -0.611. The van der Waals surface area contributed by atoms with Crippen molar-refractivity contribution in [3.05, 3.63) is 54.4 Å². The predicted molar refractivity (Wildman–Crippen MR) is 74.1 cm³/mol. The van der Waals surface area contributed by atoms with Crippen molar-refractivity contribution in [3.8, 4) is 5.69 Å². The van der Waals surface area contributed by atoms with Crippen LogP contribution < -0.4 is 5.73 Å². The van der Waals surface area contributed by atoms with E-state index in [1.807, 2.05) is 53.4 Å². The predicted octanol–water partition coefficient (Wildman–Crippen LogP) is 1.91. The molecule has 1 unspecified atom stereocenters. The van der Waals surface area contributed by atoms with E-state index >= 15 is 0 Å². The molecule has 0 aliphatic heterocycles. The Morgan fingerprint density at radius 2 is 2.05 bits per heavy atom. The summed E-state index contributed by atoms with van der Waals surface area (Å²) in [7, 11) is 0. The Morgan fingerprint density at radius 1 is 1.32 bits per heavy atom. The van der Waals surface area contributed by atoms with Crippen LogP contribution in [0, 0.1) is 0 Å². The van der Waals surface area contributed by atoms with Crippen molar-refractivity contribution in [3.63, 3.8) is 0 Å². The Morgan fingerprint density at radius 3 is 2.74 bits per heavy atom. The van der Waals surface area contributed by atoms with E-state index in [1.165, 1.54) is 0 Å². The van der Waals surface area contributed by atoms with Gasteiger partial charge in [0.1, 0.15) is 6.04 Å². The molecule has 2 N–H and O–H groups in total. The lowest BCUT2D eigenvalue weighted by Crippen LogP contribution is -2.34. The van der Waals surface area contributed by atoms with Gasteiger partial charge >= 0.3 is 5.97 Å². The maximum atomic E-state index is 11.5. The Kier molecular flexibility index (Phi) is 4.36. The highest BCUT2D eigenvalue weighted by Crippen LogP contribution is 2.12. The van der Waals surface area contributed by atoms with Gasteiger partial charge in [0.05, 0.1) is 6.61 Å². The number of aromatic nitrogens is 1. The van der Waals surface area contributed by atoms with Crippen molar-refractivity contribution in [1.82, 2.24) is 4.57 Å². The molecule has 0 saturated carbocycles. The lowest BCUT2D eigenvalue weighted by Gasteiger charge is -2.11. The number of benzene rings is 1. The molecule has 0 bridgehead atoms. The lowest BCUT2D eigenvalue weighted by atomic mass is 10.1. The number of ether oxygens (including phenoxy) is 1. The van der Waals surface area contributed by atoms with Gasteiger partial charge in [-0.3, -0.25) is 4.79 Å². The lowest BCUT2D eigenvalue weighted by molar-refractivity contribution is -0.144. The van der Waals surface area contributed by atoms with Crippen molar-refractivity contribution in [2.75, 3.05) is 6.61 Å². The van der Waals surface area contributed by atoms with Crippen LogP contribution in [0.1, 0.15) is 12.5 Å². The Bertz CT molecular complexity index is 535. The highest BCUT2D eigenvalue weighted by molar-refractivity contribution is 5.75. The molecule has 0 radical (unpaired) electrons. The van der Waals surface area contributed by atoms with Gasteiger partial charge in [-0.1, -0.05) is 12.1 Å². The van der Waals surface area contributed by atoms with Crippen molar-refractivity contribution in [1.29, 1.82) is 0 Å². The second kappa shape index (κ2) is 6.20. The summed E-state index contributed by atoms with van der Waals surface area (Å²) < 4.78 is 6.92. The molecule has 1 atom stereocenters. The maximum absolute atomic E-state index is 11.5. The minimum absolute atomic E-state index is 0.353. The zero-order valence-corrected chi connectivity index (χ0v) is 11.0. The Labute approximate surface area is 112 Å². The summed E-state index contributed by atoms with van der Waals surface area (Å²) in [5.41, 5.74) is 7.90. The van der Waals surface area contributed by atoms with Crippen molar-refractivity contribution >= 4 is 5.97 Å². The van der Waals surface area contributed by atoms with E-state index in [0.717, 1.165) is 11.3 Å². The third-order valence-electron chi connectivity index (χ3n) is 2.86. The molecular formula is C15H18N2O2. The molecule has 1 aromatic carbocycles. The fourth-order valence-corrected chi connectivity index (χ4v) is 1.94. The van der Waals surface area contributed by atoms with Gasteiger partial charge in [0.15, 0.2) is 0 Å². The van der Waals surface area contributed by atoms with Crippen molar-refractivity contribution < 1.29 is 9.53 Å². The minimum Gasteiger partial charge on any atom is -0.465 e. The Hall–Kier alpha value is -2.07. The molecule has 0 amide bonds. The summed E-state index contributed by atoms with van der Waals surface area (Å²) in [6.07, 6.45) is 4.43. The number of nitrogens with two attached hydrogens (primary N) is 1. The van der Waals surface area contributed by atoms with Crippen LogP contribution in [0.15, 0.2) is 48.8 Å². The van der Waals surface area contributed by atoms with Crippen LogP contribution >= 0.6 is 0 Å². The highest BCUT2D eigenvalue weighted by atomic mass is 16.5. The molecule has 0 spiro atoms. The Balaban J connectivity index is 2.09. The molecule has 1 aromatic heterocycles. The first kappa shape index (κ1) is 13.4. The van der Waals surface area contributed by atoms with Gasteiger partial charge in [-0.15, -0.1) is 0 Å². The normalized spacial score (nSPS) is 12.1. The van der Waals surface area contributed by atoms with Crippen LogP contribution in [0.3, 0.4) is 0 Å².